The predicted octanol–water partition coefficient (Wildman–Crippen LogP) is -1.10. The Morgan fingerprint density at radius 1 is 1.21 bits per heavy atom. The smallest absolute Gasteiger partial charge is 0.243 e. The largest absolute Gasteiger partial charge is 0.368 e. The van der Waals surface area contributed by atoms with E-state index in [1.54, 1.807) is 0 Å². The van der Waals surface area contributed by atoms with Crippen LogP contribution < -0.4 is 17.3 Å². The van der Waals surface area contributed by atoms with Gasteiger partial charge >= 0.3 is 0 Å². The van der Waals surface area contributed by atoms with Crippen LogP contribution >= 0.6 is 0 Å². The van der Waals surface area contributed by atoms with E-state index in [1.807, 2.05) is 0 Å². The van der Waals surface area contributed by atoms with Crippen LogP contribution in [0.3, 0.4) is 0 Å². The second-order valence-electron chi connectivity index (χ2n) is 5.01. The highest BCUT2D eigenvalue weighted by molar-refractivity contribution is 5.91. The maximum Gasteiger partial charge on any atom is 0.243 e. The first-order valence-corrected chi connectivity index (χ1v) is 6.47. The fourth-order valence-electron chi connectivity index (χ4n) is 2.62. The van der Waals surface area contributed by atoms with E-state index in [4.69, 9.17) is 17.3 Å². The number of hydrogen-bond donors (Lipinski definition) is 3. The van der Waals surface area contributed by atoms with Crippen molar-refractivity contribution in [3.8, 4) is 0 Å². The molecule has 0 spiro atoms. The van der Waals surface area contributed by atoms with Crippen LogP contribution in [0.5, 0.6) is 0 Å². The first-order chi connectivity index (χ1) is 8.90. The standard InChI is InChI=1S/C12H22N4O3/c1-7(17)8-4-2-3-5-9(8)12(19)16(15)10(6-13)11(14)18/h8-10H,2-6,13,15H2,1H3,(H2,14,18)/t8-,9-,10-/m1/s1. The lowest BCUT2D eigenvalue weighted by Crippen LogP contribution is -2.58. The minimum atomic E-state index is -1.03. The zero-order valence-electron chi connectivity index (χ0n) is 11.2. The van der Waals surface area contributed by atoms with E-state index < -0.39 is 23.8 Å². The van der Waals surface area contributed by atoms with Crippen molar-refractivity contribution < 1.29 is 14.4 Å². The van der Waals surface area contributed by atoms with Crippen molar-refractivity contribution >= 4 is 17.6 Å². The molecule has 0 aliphatic heterocycles. The topological polar surface area (TPSA) is 133 Å². The molecule has 1 saturated carbocycles. The van der Waals surface area contributed by atoms with Crippen molar-refractivity contribution in [1.82, 2.24) is 5.01 Å². The van der Waals surface area contributed by atoms with Crippen molar-refractivity contribution in [3.63, 3.8) is 0 Å². The number of hydrogen-bond acceptors (Lipinski definition) is 5. The van der Waals surface area contributed by atoms with E-state index in [9.17, 15) is 14.4 Å². The van der Waals surface area contributed by atoms with Crippen LogP contribution in [0.2, 0.25) is 0 Å². The van der Waals surface area contributed by atoms with E-state index in [0.717, 1.165) is 17.9 Å². The number of rotatable bonds is 5. The highest BCUT2D eigenvalue weighted by atomic mass is 16.2. The molecule has 7 nitrogen and oxygen atoms in total. The molecule has 1 rings (SSSR count). The number of hydrazine groups is 1. The number of primary amides is 1. The van der Waals surface area contributed by atoms with Gasteiger partial charge in [0, 0.05) is 18.4 Å². The molecule has 7 heteroatoms. The average Bonchev–Trinajstić information content (AvgIpc) is 2.38. The number of ketones is 1. The van der Waals surface area contributed by atoms with Crippen LogP contribution in [0.4, 0.5) is 0 Å². The van der Waals surface area contributed by atoms with Gasteiger partial charge in [-0.25, -0.2) is 5.84 Å². The third-order valence-corrected chi connectivity index (χ3v) is 3.75. The molecule has 3 atom stereocenters. The van der Waals surface area contributed by atoms with Crippen LogP contribution in [-0.4, -0.2) is 35.2 Å². The molecule has 1 aliphatic rings. The SMILES string of the molecule is CC(=O)[C@H]1CCCC[C@H]1C(=O)N(N)[C@H](CN)C(N)=O. The summed E-state index contributed by atoms with van der Waals surface area (Å²) >= 11 is 0. The minimum absolute atomic E-state index is 0.0187. The molecule has 0 heterocycles. The van der Waals surface area contributed by atoms with Crippen molar-refractivity contribution in [2.24, 2.45) is 29.1 Å². The second kappa shape index (κ2) is 6.63. The molecule has 0 saturated heterocycles. The molecule has 0 aromatic rings. The molecular weight excluding hydrogens is 248 g/mol. The number of carbonyl (C=O) groups is 3. The molecule has 0 aromatic heterocycles. The van der Waals surface area contributed by atoms with Gasteiger partial charge in [0.2, 0.25) is 11.8 Å². The summed E-state index contributed by atoms with van der Waals surface area (Å²) < 4.78 is 0. The van der Waals surface area contributed by atoms with E-state index in [0.29, 0.717) is 12.8 Å². The Hall–Kier alpha value is -1.47. The summed E-state index contributed by atoms with van der Waals surface area (Å²) in [6, 6.07) is -1.03. The maximum atomic E-state index is 12.3. The first kappa shape index (κ1) is 15.6. The Bertz CT molecular complexity index is 372. The van der Waals surface area contributed by atoms with E-state index >= 15 is 0 Å². The van der Waals surface area contributed by atoms with E-state index in [2.05, 4.69) is 0 Å². The highest BCUT2D eigenvalue weighted by Gasteiger charge is 2.38. The molecule has 2 amide bonds. The van der Waals surface area contributed by atoms with Gasteiger partial charge < -0.3 is 11.5 Å². The summed E-state index contributed by atoms with van der Waals surface area (Å²) in [7, 11) is 0. The molecule has 0 unspecified atom stereocenters. The van der Waals surface area contributed by atoms with Gasteiger partial charge in [0.1, 0.15) is 11.8 Å². The quantitative estimate of drug-likeness (QED) is 0.331. The number of carbonyl (C=O) groups excluding carboxylic acids is 3. The normalized spacial score (nSPS) is 24.6. The summed E-state index contributed by atoms with van der Waals surface area (Å²) in [4.78, 5) is 35.1. The second-order valence-corrected chi connectivity index (χ2v) is 5.01. The van der Waals surface area contributed by atoms with Gasteiger partial charge in [-0.15, -0.1) is 0 Å². The van der Waals surface area contributed by atoms with E-state index in [1.165, 1.54) is 6.92 Å². The predicted molar refractivity (Wildman–Crippen MR) is 69.2 cm³/mol. The number of nitrogens with two attached hydrogens (primary N) is 3. The summed E-state index contributed by atoms with van der Waals surface area (Å²) in [6.07, 6.45) is 3.09. The Morgan fingerprint density at radius 3 is 2.16 bits per heavy atom. The number of Topliss-reactive ketones (excluding diaryl/α,β-unsaturated/α-hetero) is 1. The van der Waals surface area contributed by atoms with Gasteiger partial charge in [0.25, 0.3) is 0 Å². The van der Waals surface area contributed by atoms with Gasteiger partial charge in [-0.3, -0.25) is 19.4 Å². The monoisotopic (exact) mass is 270 g/mol. The average molecular weight is 270 g/mol. The number of nitrogens with zero attached hydrogens (tertiary/aromatic N) is 1. The van der Waals surface area contributed by atoms with Crippen molar-refractivity contribution in [1.29, 1.82) is 0 Å². The molecule has 1 fully saturated rings. The molecule has 0 bridgehead atoms. The Balaban J connectivity index is 2.84. The Kier molecular flexibility index (Phi) is 5.44. The number of amides is 2. The van der Waals surface area contributed by atoms with Crippen molar-refractivity contribution in [3.05, 3.63) is 0 Å². The van der Waals surface area contributed by atoms with Crippen LogP contribution in [-0.2, 0) is 14.4 Å². The van der Waals surface area contributed by atoms with E-state index in [-0.39, 0.29) is 18.2 Å². The summed E-state index contributed by atoms with van der Waals surface area (Å²) in [5, 5.41) is 0.800. The van der Waals surface area contributed by atoms with Crippen LogP contribution in [0.15, 0.2) is 0 Å². The molecule has 1 aliphatic carbocycles. The fourth-order valence-corrected chi connectivity index (χ4v) is 2.62. The lowest BCUT2D eigenvalue weighted by molar-refractivity contribution is -0.147. The Labute approximate surface area is 112 Å². The van der Waals surface area contributed by atoms with Crippen molar-refractivity contribution in [2.45, 2.75) is 38.6 Å². The molecular formula is C12H22N4O3. The van der Waals surface area contributed by atoms with Gasteiger partial charge in [0.15, 0.2) is 0 Å². The van der Waals surface area contributed by atoms with Gasteiger partial charge in [-0.1, -0.05) is 12.8 Å². The lowest BCUT2D eigenvalue weighted by Gasteiger charge is -2.33. The minimum Gasteiger partial charge on any atom is -0.368 e. The molecule has 6 N–H and O–H groups in total. The maximum absolute atomic E-state index is 12.3. The first-order valence-electron chi connectivity index (χ1n) is 6.47. The van der Waals surface area contributed by atoms with Crippen LogP contribution in [0, 0.1) is 11.8 Å². The molecule has 19 heavy (non-hydrogen) atoms. The van der Waals surface area contributed by atoms with Crippen molar-refractivity contribution in [2.75, 3.05) is 6.54 Å². The molecule has 0 radical (unpaired) electrons. The fraction of sp³-hybridized carbons (Fsp3) is 0.750. The zero-order valence-corrected chi connectivity index (χ0v) is 11.2. The van der Waals surface area contributed by atoms with Gasteiger partial charge in [-0.05, 0) is 19.8 Å². The third kappa shape index (κ3) is 3.51. The third-order valence-electron chi connectivity index (χ3n) is 3.75. The van der Waals surface area contributed by atoms with Crippen LogP contribution in [0.25, 0.3) is 0 Å². The summed E-state index contributed by atoms with van der Waals surface area (Å²) in [6.45, 7) is 1.35. The Morgan fingerprint density at radius 2 is 1.74 bits per heavy atom. The molecule has 108 valence electrons. The van der Waals surface area contributed by atoms with Gasteiger partial charge in [-0.2, -0.15) is 0 Å². The molecule has 0 aromatic carbocycles. The lowest BCUT2D eigenvalue weighted by atomic mass is 9.76. The van der Waals surface area contributed by atoms with Crippen LogP contribution in [0.1, 0.15) is 32.6 Å². The highest BCUT2D eigenvalue weighted by Crippen LogP contribution is 2.32. The summed E-state index contributed by atoms with van der Waals surface area (Å²) in [5.41, 5.74) is 10.5. The van der Waals surface area contributed by atoms with Gasteiger partial charge in [0.05, 0.1) is 0 Å². The zero-order chi connectivity index (χ0) is 14.6. The summed E-state index contributed by atoms with van der Waals surface area (Å²) in [5.74, 6) is 3.69.